The third kappa shape index (κ3) is 5.45. The van der Waals surface area contributed by atoms with Gasteiger partial charge in [-0.05, 0) is 49.2 Å². The molecule has 0 radical (unpaired) electrons. The van der Waals surface area contributed by atoms with Gasteiger partial charge in [-0.15, -0.1) is 10.2 Å². The Labute approximate surface area is 186 Å². The molecule has 0 aliphatic rings. The van der Waals surface area contributed by atoms with Gasteiger partial charge in [0.25, 0.3) is 11.8 Å². The number of carbonyl (C=O) groups excluding carboxylic acids is 1. The van der Waals surface area contributed by atoms with Crippen LogP contribution in [-0.2, 0) is 15.9 Å². The van der Waals surface area contributed by atoms with Crippen molar-refractivity contribution in [1.82, 2.24) is 10.2 Å². The predicted octanol–water partition coefficient (Wildman–Crippen LogP) is 5.33. The van der Waals surface area contributed by atoms with Gasteiger partial charge in [-0.3, -0.25) is 4.79 Å². The molecule has 1 amide bonds. The number of carbonyl (C=O) groups is 1. The quantitative estimate of drug-likeness (QED) is 0.478. The average Bonchev–Trinajstić information content (AvgIpc) is 2.69. The number of rotatable bonds is 5. The molecular weight excluding hydrogens is 464 g/mol. The largest absolute Gasteiger partial charge is 0.437 e. The van der Waals surface area contributed by atoms with Gasteiger partial charge in [-0.25, -0.2) is 13.4 Å². The molecule has 0 spiro atoms. The zero-order valence-electron chi connectivity index (χ0n) is 17.6. The Balaban J connectivity index is 2.09. The van der Waals surface area contributed by atoms with Gasteiger partial charge in [0.2, 0.25) is 0 Å². The number of ether oxygens (including phenoxy) is 1. The topological polar surface area (TPSA) is 105 Å². The summed E-state index contributed by atoms with van der Waals surface area (Å²) in [6, 6.07) is 9.12. The highest BCUT2D eigenvalue weighted by atomic mass is 32.2. The van der Waals surface area contributed by atoms with Crippen LogP contribution in [-0.4, -0.2) is 26.6 Å². The van der Waals surface area contributed by atoms with Gasteiger partial charge < -0.3 is 10.1 Å². The van der Waals surface area contributed by atoms with Crippen LogP contribution in [0.4, 0.5) is 23.2 Å². The van der Waals surface area contributed by atoms with E-state index in [1.807, 2.05) is 0 Å². The third-order valence-corrected chi connectivity index (χ3v) is 5.73. The highest BCUT2D eigenvalue weighted by Crippen LogP contribution is 2.35. The fourth-order valence-electron chi connectivity index (χ4n) is 2.91. The highest BCUT2D eigenvalue weighted by molar-refractivity contribution is 7.91. The Morgan fingerprint density at radius 1 is 1.12 bits per heavy atom. The summed E-state index contributed by atoms with van der Waals surface area (Å²) >= 11 is 0. The van der Waals surface area contributed by atoms with Crippen molar-refractivity contribution in [3.63, 3.8) is 0 Å². The second-order valence-corrected chi connectivity index (χ2v) is 9.35. The maximum atomic E-state index is 13.6. The predicted molar refractivity (Wildman–Crippen MR) is 112 cm³/mol. The number of nitrogens with zero attached hydrogens (tertiary/aromatic N) is 2. The first kappa shape index (κ1) is 24.1. The van der Waals surface area contributed by atoms with Crippen LogP contribution < -0.4 is 10.1 Å². The van der Waals surface area contributed by atoms with Crippen LogP contribution in [0.25, 0.3) is 0 Å². The summed E-state index contributed by atoms with van der Waals surface area (Å²) in [7, 11) is -3.10. The van der Waals surface area contributed by atoms with Crippen LogP contribution in [0, 0.1) is 24.4 Å². The van der Waals surface area contributed by atoms with E-state index in [2.05, 4.69) is 15.5 Å². The number of halogens is 4. The van der Waals surface area contributed by atoms with E-state index in [1.54, 1.807) is 6.92 Å². The highest BCUT2D eigenvalue weighted by Gasteiger charge is 2.38. The Morgan fingerprint density at radius 2 is 1.82 bits per heavy atom. The number of amides is 1. The number of aryl methyl sites for hydroxylation is 1. The molecule has 2 aromatic carbocycles. The van der Waals surface area contributed by atoms with Crippen molar-refractivity contribution >= 4 is 21.3 Å². The summed E-state index contributed by atoms with van der Waals surface area (Å²) in [6.07, 6.45) is -3.70. The molecule has 7 nitrogen and oxygen atoms in total. The molecule has 0 aliphatic carbocycles. The number of aromatic nitrogens is 2. The number of benzene rings is 2. The van der Waals surface area contributed by atoms with Gasteiger partial charge in [0.15, 0.2) is 5.69 Å². The monoisotopic (exact) mass is 482 g/mol. The van der Waals surface area contributed by atoms with E-state index in [-0.39, 0.29) is 16.3 Å². The molecule has 0 bridgehead atoms. The SMILES string of the molecule is Cc1ccc(F)cc1Oc1nnc(C(F)(F)F)c(C)c1C(=O)Nc1cccc(S(C)(=N)=O)c1. The van der Waals surface area contributed by atoms with E-state index in [1.165, 1.54) is 42.7 Å². The van der Waals surface area contributed by atoms with Gasteiger partial charge in [0.1, 0.15) is 17.1 Å². The van der Waals surface area contributed by atoms with Crippen LogP contribution in [0.3, 0.4) is 0 Å². The molecule has 1 unspecified atom stereocenters. The lowest BCUT2D eigenvalue weighted by molar-refractivity contribution is -0.142. The number of alkyl halides is 3. The van der Waals surface area contributed by atoms with Crippen molar-refractivity contribution in [2.75, 3.05) is 11.6 Å². The third-order valence-electron chi connectivity index (χ3n) is 4.58. The number of anilines is 1. The first-order valence-electron chi connectivity index (χ1n) is 9.31. The van der Waals surface area contributed by atoms with Crippen LogP contribution in [0.5, 0.6) is 11.6 Å². The van der Waals surface area contributed by atoms with E-state index in [4.69, 9.17) is 9.52 Å². The molecule has 1 heterocycles. The molecule has 3 aromatic rings. The van der Waals surface area contributed by atoms with Crippen molar-refractivity contribution in [3.05, 3.63) is 70.7 Å². The van der Waals surface area contributed by atoms with Gasteiger partial charge in [-0.1, -0.05) is 12.1 Å². The van der Waals surface area contributed by atoms with Gasteiger partial charge in [0.05, 0.1) is 9.73 Å². The maximum Gasteiger partial charge on any atom is 0.435 e. The minimum absolute atomic E-state index is 0.0561. The Kier molecular flexibility index (Phi) is 6.41. The molecule has 0 saturated carbocycles. The summed E-state index contributed by atoms with van der Waals surface area (Å²) < 4.78 is 79.0. The molecule has 1 aromatic heterocycles. The van der Waals surface area contributed by atoms with E-state index in [0.29, 0.717) is 5.56 Å². The molecule has 0 fully saturated rings. The Hall–Kier alpha value is -3.54. The molecule has 1 atom stereocenters. The lowest BCUT2D eigenvalue weighted by atomic mass is 10.1. The van der Waals surface area contributed by atoms with E-state index < -0.39 is 50.3 Å². The van der Waals surface area contributed by atoms with Gasteiger partial charge >= 0.3 is 6.18 Å². The second kappa shape index (κ2) is 8.77. The molecular formula is C21H18F4N4O3S. The van der Waals surface area contributed by atoms with Crippen molar-refractivity contribution in [3.8, 4) is 11.6 Å². The minimum atomic E-state index is -4.89. The Morgan fingerprint density at radius 3 is 2.45 bits per heavy atom. The van der Waals surface area contributed by atoms with Crippen LogP contribution in [0.1, 0.15) is 27.2 Å². The van der Waals surface area contributed by atoms with Gasteiger partial charge in [0, 0.05) is 22.9 Å². The molecule has 0 aliphatic heterocycles. The molecule has 2 N–H and O–H groups in total. The van der Waals surface area contributed by atoms with Crippen molar-refractivity contribution in [2.45, 2.75) is 24.9 Å². The smallest absolute Gasteiger partial charge is 0.435 e. The standard InChI is InChI=1S/C21H18F4N4O3S/c1-11-7-8-13(22)9-16(11)32-20-17(12(2)18(28-29-20)21(23,24)25)19(30)27-14-5-4-6-15(10-14)33(3,26)31/h4-10,26H,1-3H3,(H,27,30). The molecule has 33 heavy (non-hydrogen) atoms. The zero-order chi connectivity index (χ0) is 24.6. The number of hydrogen-bond donors (Lipinski definition) is 2. The summed E-state index contributed by atoms with van der Waals surface area (Å²) in [4.78, 5) is 13.1. The lowest BCUT2D eigenvalue weighted by Gasteiger charge is -2.17. The van der Waals surface area contributed by atoms with Crippen LogP contribution >= 0.6 is 0 Å². The first-order valence-corrected chi connectivity index (χ1v) is 11.3. The van der Waals surface area contributed by atoms with Crippen LogP contribution in [0.15, 0.2) is 47.4 Å². The zero-order valence-corrected chi connectivity index (χ0v) is 18.4. The number of hydrogen-bond acceptors (Lipinski definition) is 6. The van der Waals surface area contributed by atoms with Crippen molar-refractivity contribution < 1.29 is 31.3 Å². The molecule has 3 rings (SSSR count). The Bertz CT molecular complexity index is 1340. The van der Waals surface area contributed by atoms with E-state index >= 15 is 0 Å². The number of nitrogens with one attached hydrogen (secondary N) is 2. The summed E-state index contributed by atoms with van der Waals surface area (Å²) in [6.45, 7) is 2.62. The first-order chi connectivity index (χ1) is 15.3. The average molecular weight is 482 g/mol. The fourth-order valence-corrected chi connectivity index (χ4v) is 3.60. The summed E-state index contributed by atoms with van der Waals surface area (Å²) in [5.74, 6) is -2.28. The lowest BCUT2D eigenvalue weighted by Crippen LogP contribution is -2.21. The van der Waals surface area contributed by atoms with Crippen molar-refractivity contribution in [2.24, 2.45) is 0 Å². The van der Waals surface area contributed by atoms with E-state index in [0.717, 1.165) is 13.0 Å². The summed E-state index contributed by atoms with van der Waals surface area (Å²) in [5.41, 5.74) is -1.95. The molecule has 174 valence electrons. The minimum Gasteiger partial charge on any atom is -0.437 e. The maximum absolute atomic E-state index is 13.6. The van der Waals surface area contributed by atoms with Crippen LogP contribution in [0.2, 0.25) is 0 Å². The van der Waals surface area contributed by atoms with E-state index in [9.17, 15) is 26.6 Å². The van der Waals surface area contributed by atoms with Gasteiger partial charge in [-0.2, -0.15) is 13.2 Å². The summed E-state index contributed by atoms with van der Waals surface area (Å²) in [5, 5.41) is 9.00. The molecule has 12 heteroatoms. The second-order valence-electron chi connectivity index (χ2n) is 7.19. The normalized spacial score (nSPS) is 13.3. The fraction of sp³-hybridized carbons (Fsp3) is 0.190. The molecule has 0 saturated heterocycles. The van der Waals surface area contributed by atoms with Crippen molar-refractivity contribution in [1.29, 1.82) is 4.78 Å².